The molecule has 2 aromatic rings. The fraction of sp³-hybridized carbons (Fsp3) is 0.391. The van der Waals surface area contributed by atoms with Gasteiger partial charge in [-0.05, 0) is 62.4 Å². The van der Waals surface area contributed by atoms with Crippen molar-refractivity contribution in [2.24, 2.45) is 11.8 Å². The predicted octanol–water partition coefficient (Wildman–Crippen LogP) is 3.68. The second kappa shape index (κ2) is 9.62. The van der Waals surface area contributed by atoms with Crippen LogP contribution in [-0.4, -0.2) is 26.3 Å². The Kier molecular flexibility index (Phi) is 7.12. The molecule has 2 aromatic carbocycles. The summed E-state index contributed by atoms with van der Waals surface area (Å²) in [4.78, 5) is 25.0. The van der Waals surface area contributed by atoms with Crippen LogP contribution in [0.15, 0.2) is 53.4 Å². The van der Waals surface area contributed by atoms with Crippen LogP contribution in [0.3, 0.4) is 0 Å². The van der Waals surface area contributed by atoms with E-state index in [1.807, 2.05) is 20.8 Å². The van der Waals surface area contributed by atoms with Gasteiger partial charge >= 0.3 is 0 Å². The van der Waals surface area contributed by atoms with Crippen molar-refractivity contribution in [3.8, 4) is 0 Å². The lowest BCUT2D eigenvalue weighted by atomic mass is 10.0. The van der Waals surface area contributed by atoms with E-state index in [2.05, 4.69) is 15.4 Å². The first-order valence-electron chi connectivity index (χ1n) is 10.4. The van der Waals surface area contributed by atoms with Crippen molar-refractivity contribution in [2.45, 2.75) is 51.0 Å². The summed E-state index contributed by atoms with van der Waals surface area (Å²) in [5, 5.41) is 5.61. The van der Waals surface area contributed by atoms with Crippen molar-refractivity contribution >= 4 is 33.2 Å². The molecule has 0 spiro atoms. The number of carbonyl (C=O) groups excluding carboxylic acids is 2. The van der Waals surface area contributed by atoms with E-state index in [0.717, 1.165) is 18.4 Å². The van der Waals surface area contributed by atoms with Crippen molar-refractivity contribution in [1.29, 1.82) is 0 Å². The molecule has 0 radical (unpaired) electrons. The highest BCUT2D eigenvalue weighted by Crippen LogP contribution is 2.30. The molecule has 3 rings (SSSR count). The molecule has 0 aromatic heterocycles. The molecule has 1 atom stereocenters. The van der Waals surface area contributed by atoms with Gasteiger partial charge in [-0.3, -0.25) is 9.59 Å². The minimum absolute atomic E-state index is 0.0213. The lowest BCUT2D eigenvalue weighted by Crippen LogP contribution is -2.44. The third-order valence-electron chi connectivity index (χ3n) is 5.00. The van der Waals surface area contributed by atoms with Crippen LogP contribution in [0.1, 0.15) is 38.7 Å². The molecule has 3 N–H and O–H groups in total. The summed E-state index contributed by atoms with van der Waals surface area (Å²) in [7, 11) is -3.85. The summed E-state index contributed by atoms with van der Waals surface area (Å²) in [6.07, 6.45) is 2.15. The van der Waals surface area contributed by atoms with E-state index < -0.39 is 22.0 Å². The number of hydrogen-bond donors (Lipinski definition) is 3. The van der Waals surface area contributed by atoms with Crippen LogP contribution in [0.25, 0.3) is 0 Å². The van der Waals surface area contributed by atoms with Gasteiger partial charge in [-0.25, -0.2) is 8.42 Å². The highest BCUT2D eigenvalue weighted by molar-refractivity contribution is 7.89. The van der Waals surface area contributed by atoms with Gasteiger partial charge in [-0.2, -0.15) is 4.72 Å². The maximum atomic E-state index is 12.9. The lowest BCUT2D eigenvalue weighted by Gasteiger charge is -2.20. The standard InChI is InChI=1S/C23H29N3O4S/c1-15(2)13-21(26-31(29,30)20-11-7-16(3)8-12-20)23(28)25-19-6-4-5-18(14-19)24-22(27)17-9-10-17/h4-8,11-12,14-15,17,21,26H,9-10,13H2,1-3H3,(H,24,27)(H,25,28). The van der Waals surface area contributed by atoms with Crippen LogP contribution in [0.4, 0.5) is 11.4 Å². The van der Waals surface area contributed by atoms with Crippen LogP contribution in [0, 0.1) is 18.8 Å². The van der Waals surface area contributed by atoms with Crippen LogP contribution >= 0.6 is 0 Å². The first-order chi connectivity index (χ1) is 14.6. The normalized spacial score (nSPS) is 14.8. The molecule has 1 unspecified atom stereocenters. The molecule has 0 bridgehead atoms. The Hall–Kier alpha value is -2.71. The monoisotopic (exact) mass is 443 g/mol. The number of anilines is 2. The number of rotatable bonds is 9. The number of aryl methyl sites for hydroxylation is 1. The molecule has 31 heavy (non-hydrogen) atoms. The first-order valence-corrected chi connectivity index (χ1v) is 11.9. The van der Waals surface area contributed by atoms with Gasteiger partial charge in [0.1, 0.15) is 6.04 Å². The van der Waals surface area contributed by atoms with Crippen LogP contribution in [0.2, 0.25) is 0 Å². The molecule has 8 heteroatoms. The number of nitrogens with one attached hydrogen (secondary N) is 3. The van der Waals surface area contributed by atoms with E-state index in [0.29, 0.717) is 17.8 Å². The van der Waals surface area contributed by atoms with E-state index in [1.54, 1.807) is 36.4 Å². The Balaban J connectivity index is 1.72. The summed E-state index contributed by atoms with van der Waals surface area (Å²) < 4.78 is 28.1. The summed E-state index contributed by atoms with van der Waals surface area (Å²) in [6.45, 7) is 5.73. The number of sulfonamides is 1. The van der Waals surface area contributed by atoms with Crippen molar-refractivity contribution < 1.29 is 18.0 Å². The summed E-state index contributed by atoms with van der Waals surface area (Å²) >= 11 is 0. The van der Waals surface area contributed by atoms with E-state index in [4.69, 9.17) is 0 Å². The van der Waals surface area contributed by atoms with Crippen molar-refractivity contribution in [3.05, 3.63) is 54.1 Å². The minimum Gasteiger partial charge on any atom is -0.326 e. The Morgan fingerprint density at radius 2 is 1.61 bits per heavy atom. The predicted molar refractivity (Wildman–Crippen MR) is 121 cm³/mol. The largest absolute Gasteiger partial charge is 0.326 e. The minimum atomic E-state index is -3.85. The highest BCUT2D eigenvalue weighted by atomic mass is 32.2. The molecular weight excluding hydrogens is 414 g/mol. The molecule has 1 saturated carbocycles. The number of hydrogen-bond acceptors (Lipinski definition) is 4. The van der Waals surface area contributed by atoms with Crippen LogP contribution in [0.5, 0.6) is 0 Å². The quantitative estimate of drug-likeness (QED) is 0.550. The maximum absolute atomic E-state index is 12.9. The molecular formula is C23H29N3O4S. The zero-order chi connectivity index (χ0) is 22.6. The van der Waals surface area contributed by atoms with Crippen molar-refractivity contribution in [3.63, 3.8) is 0 Å². The Morgan fingerprint density at radius 3 is 2.19 bits per heavy atom. The second-order valence-electron chi connectivity index (χ2n) is 8.45. The molecule has 1 fully saturated rings. The summed E-state index contributed by atoms with van der Waals surface area (Å²) in [5.41, 5.74) is 2.03. The third-order valence-corrected chi connectivity index (χ3v) is 6.49. The molecule has 0 aliphatic heterocycles. The topological polar surface area (TPSA) is 104 Å². The highest BCUT2D eigenvalue weighted by Gasteiger charge is 2.30. The second-order valence-corrected chi connectivity index (χ2v) is 10.2. The van der Waals surface area contributed by atoms with Gasteiger partial charge in [0.05, 0.1) is 4.90 Å². The van der Waals surface area contributed by atoms with Gasteiger partial charge in [-0.15, -0.1) is 0 Å². The van der Waals surface area contributed by atoms with Gasteiger partial charge in [0, 0.05) is 17.3 Å². The average Bonchev–Trinajstić information content (AvgIpc) is 3.53. The molecule has 7 nitrogen and oxygen atoms in total. The van der Waals surface area contributed by atoms with Gasteiger partial charge in [-0.1, -0.05) is 37.6 Å². The lowest BCUT2D eigenvalue weighted by molar-refractivity contribution is -0.118. The van der Waals surface area contributed by atoms with E-state index in [1.165, 1.54) is 12.1 Å². The van der Waals surface area contributed by atoms with Gasteiger partial charge in [0.25, 0.3) is 0 Å². The molecule has 0 saturated heterocycles. The maximum Gasteiger partial charge on any atom is 0.242 e. The summed E-state index contributed by atoms with van der Waals surface area (Å²) in [6, 6.07) is 12.4. The zero-order valence-electron chi connectivity index (χ0n) is 18.0. The molecule has 2 amide bonds. The van der Waals surface area contributed by atoms with Crippen molar-refractivity contribution in [2.75, 3.05) is 10.6 Å². The zero-order valence-corrected chi connectivity index (χ0v) is 18.8. The SMILES string of the molecule is Cc1ccc(S(=O)(=O)NC(CC(C)C)C(=O)Nc2cccc(NC(=O)C3CC3)c2)cc1. The third kappa shape index (κ3) is 6.63. The molecule has 1 aliphatic carbocycles. The van der Waals surface area contributed by atoms with E-state index in [9.17, 15) is 18.0 Å². The molecule has 1 aliphatic rings. The van der Waals surface area contributed by atoms with Crippen LogP contribution in [-0.2, 0) is 19.6 Å². The first kappa shape index (κ1) is 23.0. The smallest absolute Gasteiger partial charge is 0.242 e. The van der Waals surface area contributed by atoms with Gasteiger partial charge in [0.2, 0.25) is 21.8 Å². The van der Waals surface area contributed by atoms with Gasteiger partial charge in [0.15, 0.2) is 0 Å². The number of carbonyl (C=O) groups is 2. The van der Waals surface area contributed by atoms with E-state index in [-0.39, 0.29) is 22.6 Å². The number of benzene rings is 2. The Morgan fingerprint density at radius 1 is 1.00 bits per heavy atom. The Labute approximate surface area is 183 Å². The number of amides is 2. The fourth-order valence-electron chi connectivity index (χ4n) is 3.15. The molecule has 166 valence electrons. The van der Waals surface area contributed by atoms with Crippen LogP contribution < -0.4 is 15.4 Å². The van der Waals surface area contributed by atoms with E-state index >= 15 is 0 Å². The van der Waals surface area contributed by atoms with Crippen molar-refractivity contribution in [1.82, 2.24) is 4.72 Å². The molecule has 0 heterocycles. The Bertz CT molecular complexity index is 1040. The summed E-state index contributed by atoms with van der Waals surface area (Å²) in [5.74, 6) is -0.299. The fourth-order valence-corrected chi connectivity index (χ4v) is 4.36. The van der Waals surface area contributed by atoms with Gasteiger partial charge < -0.3 is 10.6 Å². The average molecular weight is 444 g/mol.